The van der Waals surface area contributed by atoms with E-state index in [1.807, 2.05) is 6.92 Å². The molecule has 7 nitrogen and oxygen atoms in total. The van der Waals surface area contributed by atoms with Crippen LogP contribution in [0.1, 0.15) is 13.3 Å². The topological polar surface area (TPSA) is 100 Å². The highest BCUT2D eigenvalue weighted by atomic mass is 32.2. The number of pyridine rings is 1. The van der Waals surface area contributed by atoms with Crippen LogP contribution in [0.3, 0.4) is 0 Å². The van der Waals surface area contributed by atoms with Crippen molar-refractivity contribution in [3.63, 3.8) is 0 Å². The quantitative estimate of drug-likeness (QED) is 0.651. The molecule has 0 spiro atoms. The van der Waals surface area contributed by atoms with E-state index in [1.165, 1.54) is 12.4 Å². The standard InChI is InChI=1S/C11H18N4O3S/c1-3-5-14-11(16)8-15-19(17,18)10-7-13-6-4-9(10)12-2/h4,6-7,15H,3,5,8H2,1-2H3,(H,12,13)(H,14,16). The molecule has 8 heteroatoms. The molecule has 0 unspecified atom stereocenters. The molecular formula is C11H18N4O3S. The van der Waals surface area contributed by atoms with Gasteiger partial charge in [-0.15, -0.1) is 0 Å². The van der Waals surface area contributed by atoms with Gasteiger partial charge in [-0.25, -0.2) is 13.1 Å². The summed E-state index contributed by atoms with van der Waals surface area (Å²) in [6.07, 6.45) is 3.52. The summed E-state index contributed by atoms with van der Waals surface area (Å²) in [4.78, 5) is 15.2. The Bertz CT molecular complexity index is 530. The van der Waals surface area contributed by atoms with Crippen molar-refractivity contribution >= 4 is 21.6 Å². The van der Waals surface area contributed by atoms with Crippen molar-refractivity contribution < 1.29 is 13.2 Å². The summed E-state index contributed by atoms with van der Waals surface area (Å²) < 4.78 is 26.3. The molecule has 106 valence electrons. The number of sulfonamides is 1. The lowest BCUT2D eigenvalue weighted by Gasteiger charge is -2.10. The number of carbonyl (C=O) groups is 1. The van der Waals surface area contributed by atoms with Crippen LogP contribution in [0.25, 0.3) is 0 Å². The van der Waals surface area contributed by atoms with Gasteiger partial charge in [-0.1, -0.05) is 6.92 Å². The highest BCUT2D eigenvalue weighted by molar-refractivity contribution is 7.89. The molecule has 1 aromatic heterocycles. The molecule has 0 aliphatic carbocycles. The Hall–Kier alpha value is -1.67. The van der Waals surface area contributed by atoms with Gasteiger partial charge in [0.15, 0.2) is 0 Å². The summed E-state index contributed by atoms with van der Waals surface area (Å²) in [5.74, 6) is -0.361. The number of hydrogen-bond acceptors (Lipinski definition) is 5. The number of amides is 1. The number of hydrogen-bond donors (Lipinski definition) is 3. The van der Waals surface area contributed by atoms with Crippen LogP contribution in [-0.2, 0) is 14.8 Å². The highest BCUT2D eigenvalue weighted by Crippen LogP contribution is 2.18. The number of rotatable bonds is 7. The Labute approximate surface area is 112 Å². The SMILES string of the molecule is CCCNC(=O)CNS(=O)(=O)c1cnccc1NC. The van der Waals surface area contributed by atoms with E-state index in [1.54, 1.807) is 13.1 Å². The molecule has 1 heterocycles. The minimum Gasteiger partial charge on any atom is -0.387 e. The predicted octanol–water partition coefficient (Wildman–Crippen LogP) is -0.0722. The van der Waals surface area contributed by atoms with Crippen LogP contribution in [-0.4, -0.2) is 39.4 Å². The van der Waals surface area contributed by atoms with E-state index in [-0.39, 0.29) is 17.3 Å². The summed E-state index contributed by atoms with van der Waals surface area (Å²) in [6, 6.07) is 1.55. The van der Waals surface area contributed by atoms with Crippen molar-refractivity contribution in [2.45, 2.75) is 18.2 Å². The van der Waals surface area contributed by atoms with E-state index in [9.17, 15) is 13.2 Å². The first kappa shape index (κ1) is 15.4. The molecule has 0 bridgehead atoms. The Balaban J connectivity index is 2.73. The lowest BCUT2D eigenvalue weighted by atomic mass is 10.4. The molecule has 1 rings (SSSR count). The van der Waals surface area contributed by atoms with Gasteiger partial charge in [-0.05, 0) is 12.5 Å². The van der Waals surface area contributed by atoms with Crippen molar-refractivity contribution in [1.29, 1.82) is 0 Å². The van der Waals surface area contributed by atoms with Gasteiger partial charge < -0.3 is 10.6 Å². The second-order valence-electron chi connectivity index (χ2n) is 3.80. The van der Waals surface area contributed by atoms with Gasteiger partial charge in [0.1, 0.15) is 4.90 Å². The summed E-state index contributed by atoms with van der Waals surface area (Å²) in [5.41, 5.74) is 0.427. The third-order valence-electron chi connectivity index (χ3n) is 2.34. The van der Waals surface area contributed by atoms with Crippen molar-refractivity contribution in [3.05, 3.63) is 18.5 Å². The van der Waals surface area contributed by atoms with E-state index >= 15 is 0 Å². The second kappa shape index (κ2) is 7.05. The summed E-state index contributed by atoms with van der Waals surface area (Å²) >= 11 is 0. The molecule has 19 heavy (non-hydrogen) atoms. The Morgan fingerprint density at radius 1 is 1.42 bits per heavy atom. The van der Waals surface area contributed by atoms with Crippen LogP contribution in [0.15, 0.2) is 23.4 Å². The lowest BCUT2D eigenvalue weighted by Crippen LogP contribution is -2.37. The van der Waals surface area contributed by atoms with Gasteiger partial charge in [0.25, 0.3) is 0 Å². The van der Waals surface area contributed by atoms with E-state index in [0.29, 0.717) is 12.2 Å². The molecule has 0 saturated carbocycles. The molecule has 0 aromatic carbocycles. The third kappa shape index (κ3) is 4.49. The van der Waals surface area contributed by atoms with Crippen LogP contribution < -0.4 is 15.4 Å². The zero-order chi connectivity index (χ0) is 14.3. The molecular weight excluding hydrogens is 268 g/mol. The van der Waals surface area contributed by atoms with E-state index in [4.69, 9.17) is 0 Å². The maximum absolute atomic E-state index is 12.0. The van der Waals surface area contributed by atoms with Crippen LogP contribution in [0.4, 0.5) is 5.69 Å². The molecule has 0 saturated heterocycles. The molecule has 0 fully saturated rings. The second-order valence-corrected chi connectivity index (χ2v) is 5.53. The zero-order valence-electron chi connectivity index (χ0n) is 10.9. The summed E-state index contributed by atoms with van der Waals surface area (Å²) in [7, 11) is -2.15. The Morgan fingerprint density at radius 3 is 2.79 bits per heavy atom. The summed E-state index contributed by atoms with van der Waals surface area (Å²) in [6.45, 7) is 2.15. The van der Waals surface area contributed by atoms with Crippen LogP contribution in [0, 0.1) is 0 Å². The van der Waals surface area contributed by atoms with E-state index in [2.05, 4.69) is 20.3 Å². The monoisotopic (exact) mass is 286 g/mol. The fourth-order valence-electron chi connectivity index (χ4n) is 1.37. The Kier molecular flexibility index (Phi) is 5.71. The van der Waals surface area contributed by atoms with Crippen molar-refractivity contribution in [2.75, 3.05) is 25.5 Å². The first-order chi connectivity index (χ1) is 9.01. The third-order valence-corrected chi connectivity index (χ3v) is 3.77. The average Bonchev–Trinajstić information content (AvgIpc) is 2.43. The lowest BCUT2D eigenvalue weighted by molar-refractivity contribution is -0.119. The van der Waals surface area contributed by atoms with Crippen molar-refractivity contribution in [1.82, 2.24) is 15.0 Å². The molecule has 1 aromatic rings. The smallest absolute Gasteiger partial charge is 0.244 e. The average molecular weight is 286 g/mol. The van der Waals surface area contributed by atoms with Gasteiger partial charge in [0, 0.05) is 26.0 Å². The fourth-order valence-corrected chi connectivity index (χ4v) is 2.50. The maximum atomic E-state index is 12.0. The molecule has 3 N–H and O–H groups in total. The number of anilines is 1. The van der Waals surface area contributed by atoms with Gasteiger partial charge in [-0.2, -0.15) is 0 Å². The largest absolute Gasteiger partial charge is 0.387 e. The van der Waals surface area contributed by atoms with Gasteiger partial charge in [-0.3, -0.25) is 9.78 Å². The van der Waals surface area contributed by atoms with Gasteiger partial charge in [0.2, 0.25) is 15.9 Å². The van der Waals surface area contributed by atoms with Crippen LogP contribution >= 0.6 is 0 Å². The predicted molar refractivity (Wildman–Crippen MR) is 72.3 cm³/mol. The molecule has 0 radical (unpaired) electrons. The van der Waals surface area contributed by atoms with Crippen molar-refractivity contribution in [3.8, 4) is 0 Å². The first-order valence-electron chi connectivity index (χ1n) is 5.89. The minimum atomic E-state index is -3.76. The molecule has 0 aliphatic heterocycles. The number of carbonyl (C=O) groups excluding carboxylic acids is 1. The van der Waals surface area contributed by atoms with Crippen molar-refractivity contribution in [2.24, 2.45) is 0 Å². The zero-order valence-corrected chi connectivity index (χ0v) is 11.8. The first-order valence-corrected chi connectivity index (χ1v) is 7.37. The molecule has 1 amide bonds. The van der Waals surface area contributed by atoms with E-state index in [0.717, 1.165) is 6.42 Å². The molecule has 0 atom stereocenters. The fraction of sp³-hybridized carbons (Fsp3) is 0.455. The van der Waals surface area contributed by atoms with Crippen LogP contribution in [0.2, 0.25) is 0 Å². The number of nitrogens with one attached hydrogen (secondary N) is 3. The number of nitrogens with zero attached hydrogens (tertiary/aromatic N) is 1. The minimum absolute atomic E-state index is 0.0146. The van der Waals surface area contributed by atoms with Crippen LogP contribution in [0.5, 0.6) is 0 Å². The number of aromatic nitrogens is 1. The summed E-state index contributed by atoms with van der Waals surface area (Å²) in [5, 5.41) is 5.35. The van der Waals surface area contributed by atoms with Gasteiger partial charge >= 0.3 is 0 Å². The maximum Gasteiger partial charge on any atom is 0.244 e. The normalized spacial score (nSPS) is 11.1. The van der Waals surface area contributed by atoms with Gasteiger partial charge in [0.05, 0.1) is 12.2 Å². The Morgan fingerprint density at radius 2 is 2.16 bits per heavy atom. The molecule has 0 aliphatic rings. The highest BCUT2D eigenvalue weighted by Gasteiger charge is 2.19. The van der Waals surface area contributed by atoms with E-state index < -0.39 is 10.0 Å².